The van der Waals surface area contributed by atoms with Gasteiger partial charge in [0.05, 0.1) is 26.3 Å². The van der Waals surface area contributed by atoms with Crippen molar-refractivity contribution in [2.75, 3.05) is 19.5 Å². The first-order valence-electron chi connectivity index (χ1n) is 10.0. The number of nitrogens with one attached hydrogen (secondary N) is 1. The van der Waals surface area contributed by atoms with Crippen molar-refractivity contribution < 1.29 is 27.8 Å². The second-order valence-corrected chi connectivity index (χ2v) is 7.27. The minimum atomic E-state index is -0.557. The molecular formula is C25H20F2N2O4. The molecule has 1 aliphatic heterocycles. The molecule has 8 heteroatoms. The van der Waals surface area contributed by atoms with Crippen molar-refractivity contribution in [2.45, 2.75) is 6.54 Å². The topological polar surface area (TPSA) is 67.9 Å². The van der Waals surface area contributed by atoms with Crippen molar-refractivity contribution in [1.29, 1.82) is 0 Å². The summed E-state index contributed by atoms with van der Waals surface area (Å²) in [5, 5.41) is 3.01. The molecule has 33 heavy (non-hydrogen) atoms. The number of amides is 2. The van der Waals surface area contributed by atoms with Crippen molar-refractivity contribution in [2.24, 2.45) is 0 Å². The number of hydrogen-bond donors (Lipinski definition) is 1. The molecule has 168 valence electrons. The predicted octanol–water partition coefficient (Wildman–Crippen LogP) is 4.37. The molecule has 0 saturated carbocycles. The number of anilines is 1. The van der Waals surface area contributed by atoms with Crippen molar-refractivity contribution in [3.63, 3.8) is 0 Å². The van der Waals surface area contributed by atoms with Crippen LogP contribution in [-0.4, -0.2) is 30.9 Å². The molecule has 1 aliphatic rings. The zero-order valence-corrected chi connectivity index (χ0v) is 17.9. The monoisotopic (exact) mass is 450 g/mol. The number of carbonyl (C=O) groups excluding carboxylic acids is 2. The van der Waals surface area contributed by atoms with Gasteiger partial charge in [0.15, 0.2) is 11.5 Å². The van der Waals surface area contributed by atoms with E-state index in [1.54, 1.807) is 18.2 Å². The first kappa shape index (κ1) is 22.0. The predicted molar refractivity (Wildman–Crippen MR) is 118 cm³/mol. The Morgan fingerprint density at radius 3 is 2.00 bits per heavy atom. The van der Waals surface area contributed by atoms with Gasteiger partial charge >= 0.3 is 0 Å². The maximum absolute atomic E-state index is 13.5. The van der Waals surface area contributed by atoms with Crippen LogP contribution >= 0.6 is 0 Å². The average molecular weight is 450 g/mol. The number of rotatable bonds is 7. The van der Waals surface area contributed by atoms with Gasteiger partial charge in [0, 0.05) is 11.8 Å². The van der Waals surface area contributed by atoms with Gasteiger partial charge in [0.1, 0.15) is 17.3 Å². The largest absolute Gasteiger partial charge is 0.493 e. The zero-order chi connectivity index (χ0) is 23.5. The van der Waals surface area contributed by atoms with Gasteiger partial charge in [0.2, 0.25) is 0 Å². The molecule has 3 aromatic carbocycles. The van der Waals surface area contributed by atoms with Crippen molar-refractivity contribution in [3.8, 4) is 11.5 Å². The van der Waals surface area contributed by atoms with Gasteiger partial charge in [-0.3, -0.25) is 14.5 Å². The molecule has 3 aromatic rings. The molecule has 0 atom stereocenters. The molecule has 1 heterocycles. The first-order valence-corrected chi connectivity index (χ1v) is 10.0. The van der Waals surface area contributed by atoms with Crippen LogP contribution in [0.1, 0.15) is 11.1 Å². The lowest BCUT2D eigenvalue weighted by atomic mass is 10.0. The number of benzene rings is 3. The minimum absolute atomic E-state index is 0.0419. The van der Waals surface area contributed by atoms with Gasteiger partial charge in [-0.2, -0.15) is 0 Å². The number of imide groups is 1. The molecule has 4 rings (SSSR count). The van der Waals surface area contributed by atoms with Gasteiger partial charge in [-0.25, -0.2) is 8.78 Å². The highest BCUT2D eigenvalue weighted by molar-refractivity contribution is 6.36. The Morgan fingerprint density at radius 1 is 0.788 bits per heavy atom. The van der Waals surface area contributed by atoms with Crippen LogP contribution < -0.4 is 14.8 Å². The quantitative estimate of drug-likeness (QED) is 0.542. The maximum atomic E-state index is 13.5. The van der Waals surface area contributed by atoms with Crippen LogP contribution in [0.15, 0.2) is 72.4 Å². The van der Waals surface area contributed by atoms with Crippen LogP contribution in [0.2, 0.25) is 0 Å². The van der Waals surface area contributed by atoms with E-state index in [2.05, 4.69) is 5.32 Å². The second kappa shape index (κ2) is 9.12. The Morgan fingerprint density at radius 2 is 1.39 bits per heavy atom. The summed E-state index contributed by atoms with van der Waals surface area (Å²) in [7, 11) is 2.99. The summed E-state index contributed by atoms with van der Waals surface area (Å²) in [4.78, 5) is 27.7. The lowest BCUT2D eigenvalue weighted by Gasteiger charge is -2.16. The molecule has 0 saturated heterocycles. The van der Waals surface area contributed by atoms with Crippen LogP contribution in [-0.2, 0) is 16.1 Å². The van der Waals surface area contributed by atoms with E-state index in [0.29, 0.717) is 28.3 Å². The third kappa shape index (κ3) is 4.41. The average Bonchev–Trinajstić information content (AvgIpc) is 3.05. The highest BCUT2D eigenvalue weighted by Gasteiger charge is 2.39. The van der Waals surface area contributed by atoms with E-state index in [-0.39, 0.29) is 17.8 Å². The summed E-state index contributed by atoms with van der Waals surface area (Å²) in [5.41, 5.74) is 1.62. The lowest BCUT2D eigenvalue weighted by Crippen LogP contribution is -2.32. The summed E-state index contributed by atoms with van der Waals surface area (Å²) < 4.78 is 37.3. The fourth-order valence-corrected chi connectivity index (χ4v) is 3.55. The Hall–Kier alpha value is -4.20. The first-order chi connectivity index (χ1) is 15.9. The number of ether oxygens (including phenoxy) is 2. The summed E-state index contributed by atoms with van der Waals surface area (Å²) in [6, 6.07) is 15.8. The highest BCUT2D eigenvalue weighted by Crippen LogP contribution is 2.34. The zero-order valence-electron chi connectivity index (χ0n) is 17.9. The van der Waals surface area contributed by atoms with E-state index >= 15 is 0 Å². The Labute approximate surface area is 189 Å². The lowest BCUT2D eigenvalue weighted by molar-refractivity contribution is -0.137. The number of carbonyl (C=O) groups is 2. The Balaban J connectivity index is 1.73. The van der Waals surface area contributed by atoms with Crippen LogP contribution in [0.25, 0.3) is 5.57 Å². The Bertz CT molecular complexity index is 1240. The number of methoxy groups -OCH3 is 2. The molecule has 0 spiro atoms. The number of nitrogens with zero attached hydrogens (tertiary/aromatic N) is 1. The number of halogens is 2. The fraction of sp³-hybridized carbons (Fsp3) is 0.120. The molecule has 6 nitrogen and oxygen atoms in total. The standard InChI is InChI=1S/C25H20F2N2O4/c1-32-20-12-11-19(13-21(20)33-2)28-23-22(16-5-9-18(27)10-6-16)24(30)29(25(23)31)14-15-3-7-17(26)8-4-15/h3-13,28H,14H2,1-2H3. The van der Waals surface area contributed by atoms with E-state index in [0.717, 1.165) is 4.90 Å². The summed E-state index contributed by atoms with van der Waals surface area (Å²) in [5.74, 6) is -1.04. The van der Waals surface area contributed by atoms with Gasteiger partial charge < -0.3 is 14.8 Å². The third-order valence-corrected chi connectivity index (χ3v) is 5.21. The van der Waals surface area contributed by atoms with Crippen LogP contribution in [0.5, 0.6) is 11.5 Å². The normalized spacial score (nSPS) is 13.5. The van der Waals surface area contributed by atoms with Crippen LogP contribution in [0, 0.1) is 11.6 Å². The van der Waals surface area contributed by atoms with E-state index in [1.165, 1.54) is 62.8 Å². The maximum Gasteiger partial charge on any atom is 0.278 e. The van der Waals surface area contributed by atoms with E-state index in [9.17, 15) is 18.4 Å². The smallest absolute Gasteiger partial charge is 0.278 e. The summed E-state index contributed by atoms with van der Waals surface area (Å²) >= 11 is 0. The molecule has 2 amide bonds. The summed E-state index contributed by atoms with van der Waals surface area (Å²) in [6.45, 7) is -0.0419. The van der Waals surface area contributed by atoms with Gasteiger partial charge in [0.25, 0.3) is 11.8 Å². The van der Waals surface area contributed by atoms with E-state index in [4.69, 9.17) is 9.47 Å². The number of hydrogen-bond acceptors (Lipinski definition) is 5. The molecule has 1 N–H and O–H groups in total. The molecule has 0 unspecified atom stereocenters. The molecule has 0 radical (unpaired) electrons. The Kier molecular flexibility index (Phi) is 6.08. The van der Waals surface area contributed by atoms with Crippen LogP contribution in [0.3, 0.4) is 0 Å². The van der Waals surface area contributed by atoms with Gasteiger partial charge in [-0.1, -0.05) is 24.3 Å². The summed E-state index contributed by atoms with van der Waals surface area (Å²) in [6.07, 6.45) is 0. The molecule has 0 aliphatic carbocycles. The SMILES string of the molecule is COc1ccc(NC2=C(c3ccc(F)cc3)C(=O)N(Cc3ccc(F)cc3)C2=O)cc1OC. The molecular weight excluding hydrogens is 430 g/mol. The van der Waals surface area contributed by atoms with Gasteiger partial charge in [-0.05, 0) is 47.5 Å². The molecule has 0 bridgehead atoms. The van der Waals surface area contributed by atoms with Crippen molar-refractivity contribution in [1.82, 2.24) is 4.90 Å². The van der Waals surface area contributed by atoms with E-state index in [1.807, 2.05) is 0 Å². The molecule has 0 aromatic heterocycles. The highest BCUT2D eigenvalue weighted by atomic mass is 19.1. The third-order valence-electron chi connectivity index (χ3n) is 5.21. The molecule has 0 fully saturated rings. The van der Waals surface area contributed by atoms with Crippen LogP contribution in [0.4, 0.5) is 14.5 Å². The fourth-order valence-electron chi connectivity index (χ4n) is 3.55. The minimum Gasteiger partial charge on any atom is -0.493 e. The van der Waals surface area contributed by atoms with Crippen molar-refractivity contribution >= 4 is 23.1 Å². The van der Waals surface area contributed by atoms with E-state index < -0.39 is 23.4 Å². The van der Waals surface area contributed by atoms with Crippen molar-refractivity contribution in [3.05, 3.63) is 95.2 Å². The second-order valence-electron chi connectivity index (χ2n) is 7.27. The van der Waals surface area contributed by atoms with Gasteiger partial charge in [-0.15, -0.1) is 0 Å².